The van der Waals surface area contributed by atoms with Crippen molar-refractivity contribution >= 4 is 33.0 Å². The molecule has 0 saturated carbocycles. The second-order valence-corrected chi connectivity index (χ2v) is 8.09. The average molecular weight is 333 g/mol. The summed E-state index contributed by atoms with van der Waals surface area (Å²) in [4.78, 5) is 3.92. The Kier molecular flexibility index (Phi) is 4.33. The van der Waals surface area contributed by atoms with E-state index in [4.69, 9.17) is 11.6 Å². The molecule has 0 aliphatic rings. The van der Waals surface area contributed by atoms with E-state index < -0.39 is 10.0 Å². The van der Waals surface area contributed by atoms with Crippen LogP contribution < -0.4 is 0 Å². The summed E-state index contributed by atoms with van der Waals surface area (Å²) in [5.41, 5.74) is 1.18. The number of thiazole rings is 1. The first kappa shape index (κ1) is 15.2. The van der Waals surface area contributed by atoms with E-state index in [1.54, 1.807) is 19.1 Å². The number of hydrogen-bond donors (Lipinski definition) is 1. The molecule has 1 aromatic heterocycles. The Labute approximate surface area is 126 Å². The molecule has 2 aromatic rings. The molecular weight excluding hydrogens is 320 g/mol. The van der Waals surface area contributed by atoms with E-state index in [9.17, 15) is 13.5 Å². The number of hydrogen-bond acceptors (Lipinski definition) is 5. The Morgan fingerprint density at radius 2 is 1.95 bits per heavy atom. The number of aromatic nitrogens is 1. The summed E-state index contributed by atoms with van der Waals surface area (Å²) < 4.78 is 26.4. The second-order valence-electron chi connectivity index (χ2n) is 4.27. The largest absolute Gasteiger partial charge is 0.508 e. The lowest BCUT2D eigenvalue weighted by atomic mass is 10.2. The smallest absolute Gasteiger partial charge is 0.254 e. The highest BCUT2D eigenvalue weighted by molar-refractivity contribution is 7.91. The van der Waals surface area contributed by atoms with Gasteiger partial charge in [-0.25, -0.2) is 13.4 Å². The van der Waals surface area contributed by atoms with Gasteiger partial charge in [0, 0.05) is 13.6 Å². The van der Waals surface area contributed by atoms with Crippen LogP contribution in [0.2, 0.25) is 4.47 Å². The molecule has 0 saturated heterocycles. The lowest BCUT2D eigenvalue weighted by Crippen LogP contribution is -2.26. The number of benzene rings is 1. The minimum absolute atomic E-state index is 0.143. The Balaban J connectivity index is 2.25. The maximum atomic E-state index is 12.4. The molecule has 1 N–H and O–H groups in total. The fourth-order valence-electron chi connectivity index (χ4n) is 1.67. The standard InChI is InChI=1S/C12H13ClN2O3S2/c1-8-11(19-12(13)14-8)20(17,18)15(2)7-9-3-5-10(16)6-4-9/h3-6,16H,7H2,1-2H3. The Hall–Kier alpha value is -1.15. The topological polar surface area (TPSA) is 70.5 Å². The first-order valence-electron chi connectivity index (χ1n) is 5.68. The molecular formula is C12H13ClN2O3S2. The number of nitrogens with zero attached hydrogens (tertiary/aromatic N) is 2. The van der Waals surface area contributed by atoms with Crippen LogP contribution in [0.25, 0.3) is 0 Å². The van der Waals surface area contributed by atoms with Crippen molar-refractivity contribution in [1.82, 2.24) is 9.29 Å². The van der Waals surface area contributed by atoms with Crippen molar-refractivity contribution in [1.29, 1.82) is 0 Å². The van der Waals surface area contributed by atoms with Gasteiger partial charge >= 0.3 is 0 Å². The number of sulfonamides is 1. The molecule has 1 aromatic carbocycles. The van der Waals surface area contributed by atoms with Gasteiger partial charge in [-0.2, -0.15) is 4.31 Å². The monoisotopic (exact) mass is 332 g/mol. The molecule has 0 aliphatic carbocycles. The van der Waals surface area contributed by atoms with Gasteiger partial charge in [0.1, 0.15) is 5.75 Å². The highest BCUT2D eigenvalue weighted by atomic mass is 35.5. The van der Waals surface area contributed by atoms with Crippen LogP contribution in [0, 0.1) is 6.92 Å². The predicted octanol–water partition coefficient (Wildman–Crippen LogP) is 2.63. The van der Waals surface area contributed by atoms with Crippen LogP contribution in [0.4, 0.5) is 0 Å². The highest BCUT2D eigenvalue weighted by Gasteiger charge is 2.26. The molecule has 0 bridgehead atoms. The van der Waals surface area contributed by atoms with Crippen LogP contribution in [0.3, 0.4) is 0 Å². The Morgan fingerprint density at radius 1 is 1.35 bits per heavy atom. The molecule has 0 amide bonds. The van der Waals surface area contributed by atoms with Crippen molar-refractivity contribution in [2.24, 2.45) is 0 Å². The van der Waals surface area contributed by atoms with Gasteiger partial charge in [0.05, 0.1) is 5.69 Å². The van der Waals surface area contributed by atoms with Crippen LogP contribution in [0.1, 0.15) is 11.3 Å². The third kappa shape index (κ3) is 3.12. The van der Waals surface area contributed by atoms with Crippen LogP contribution in [0.15, 0.2) is 28.5 Å². The lowest BCUT2D eigenvalue weighted by molar-refractivity contribution is 0.464. The SMILES string of the molecule is Cc1nc(Cl)sc1S(=O)(=O)N(C)Cc1ccc(O)cc1. The van der Waals surface area contributed by atoms with Gasteiger partial charge in [-0.1, -0.05) is 35.1 Å². The Morgan fingerprint density at radius 3 is 2.45 bits per heavy atom. The molecule has 108 valence electrons. The minimum Gasteiger partial charge on any atom is -0.508 e. The first-order valence-corrected chi connectivity index (χ1v) is 8.31. The quantitative estimate of drug-likeness (QED) is 0.934. The third-order valence-corrected chi connectivity index (χ3v) is 6.37. The zero-order valence-electron chi connectivity index (χ0n) is 10.9. The molecule has 0 radical (unpaired) electrons. The summed E-state index contributed by atoms with van der Waals surface area (Å²) in [6.07, 6.45) is 0. The zero-order valence-corrected chi connectivity index (χ0v) is 13.3. The normalized spacial score (nSPS) is 12.0. The summed E-state index contributed by atoms with van der Waals surface area (Å²) in [6.45, 7) is 1.82. The highest BCUT2D eigenvalue weighted by Crippen LogP contribution is 2.29. The van der Waals surface area contributed by atoms with Crippen molar-refractivity contribution in [2.45, 2.75) is 17.7 Å². The lowest BCUT2D eigenvalue weighted by Gasteiger charge is -2.16. The molecule has 5 nitrogen and oxygen atoms in total. The fourth-order valence-corrected chi connectivity index (χ4v) is 4.76. The van der Waals surface area contributed by atoms with E-state index in [1.165, 1.54) is 23.5 Å². The van der Waals surface area contributed by atoms with Gasteiger partial charge in [0.25, 0.3) is 10.0 Å². The van der Waals surface area contributed by atoms with Gasteiger partial charge in [0.15, 0.2) is 8.68 Å². The van der Waals surface area contributed by atoms with E-state index in [2.05, 4.69) is 4.98 Å². The summed E-state index contributed by atoms with van der Waals surface area (Å²) in [7, 11) is -2.12. The summed E-state index contributed by atoms with van der Waals surface area (Å²) in [5.74, 6) is 0.143. The number of phenolic OH excluding ortho intramolecular Hbond substituents is 1. The van der Waals surface area contributed by atoms with Crippen molar-refractivity contribution in [3.05, 3.63) is 40.0 Å². The number of aromatic hydroxyl groups is 1. The van der Waals surface area contributed by atoms with Crippen molar-refractivity contribution < 1.29 is 13.5 Å². The summed E-state index contributed by atoms with van der Waals surface area (Å²) in [5, 5.41) is 9.21. The van der Waals surface area contributed by atoms with Gasteiger partial charge in [-0.15, -0.1) is 0 Å². The number of halogens is 1. The van der Waals surface area contributed by atoms with Crippen molar-refractivity contribution in [3.63, 3.8) is 0 Å². The van der Waals surface area contributed by atoms with Crippen LogP contribution >= 0.6 is 22.9 Å². The van der Waals surface area contributed by atoms with Gasteiger partial charge in [-0.05, 0) is 24.6 Å². The molecule has 0 fully saturated rings. The van der Waals surface area contributed by atoms with Crippen LogP contribution in [-0.2, 0) is 16.6 Å². The zero-order chi connectivity index (χ0) is 14.9. The minimum atomic E-state index is -3.61. The molecule has 2 rings (SSSR count). The van der Waals surface area contributed by atoms with Gasteiger partial charge < -0.3 is 5.11 Å². The maximum Gasteiger partial charge on any atom is 0.254 e. The van der Waals surface area contributed by atoms with E-state index in [-0.39, 0.29) is 21.0 Å². The second kappa shape index (κ2) is 5.69. The van der Waals surface area contributed by atoms with Gasteiger partial charge in [-0.3, -0.25) is 0 Å². The Bertz CT molecular complexity index is 711. The van der Waals surface area contributed by atoms with Crippen LogP contribution in [-0.4, -0.2) is 29.9 Å². The molecule has 0 spiro atoms. The van der Waals surface area contributed by atoms with Crippen molar-refractivity contribution in [2.75, 3.05) is 7.05 Å². The van der Waals surface area contributed by atoms with E-state index >= 15 is 0 Å². The predicted molar refractivity (Wildman–Crippen MR) is 78.6 cm³/mol. The molecule has 0 aliphatic heterocycles. The molecule has 8 heteroatoms. The average Bonchev–Trinajstić information content (AvgIpc) is 2.72. The van der Waals surface area contributed by atoms with E-state index in [1.807, 2.05) is 0 Å². The fraction of sp³-hybridized carbons (Fsp3) is 0.250. The van der Waals surface area contributed by atoms with E-state index in [0.29, 0.717) is 5.69 Å². The molecule has 0 atom stereocenters. The summed E-state index contributed by atoms with van der Waals surface area (Å²) >= 11 is 6.70. The molecule has 20 heavy (non-hydrogen) atoms. The van der Waals surface area contributed by atoms with Crippen molar-refractivity contribution in [3.8, 4) is 5.75 Å². The first-order chi connectivity index (χ1) is 9.30. The molecule has 1 heterocycles. The maximum absolute atomic E-state index is 12.4. The molecule has 0 unspecified atom stereocenters. The summed E-state index contributed by atoms with van der Waals surface area (Å²) in [6, 6.07) is 6.39. The number of phenols is 1. The number of aryl methyl sites for hydroxylation is 1. The van der Waals surface area contributed by atoms with E-state index in [0.717, 1.165) is 16.9 Å². The van der Waals surface area contributed by atoms with Gasteiger partial charge in [0.2, 0.25) is 0 Å². The third-order valence-electron chi connectivity index (χ3n) is 2.71. The van der Waals surface area contributed by atoms with Crippen LogP contribution in [0.5, 0.6) is 5.75 Å². The number of rotatable bonds is 4.